The van der Waals surface area contributed by atoms with Crippen LogP contribution >= 0.6 is 11.8 Å². The maximum Gasteiger partial charge on any atom is 0.283 e. The van der Waals surface area contributed by atoms with E-state index in [2.05, 4.69) is 11.9 Å². The van der Waals surface area contributed by atoms with Crippen LogP contribution in [0.5, 0.6) is 0 Å². The zero-order valence-corrected chi connectivity index (χ0v) is 16.0. The molecule has 1 N–H and O–H groups in total. The zero-order chi connectivity index (χ0) is 19.7. The van der Waals surface area contributed by atoms with Crippen LogP contribution in [0.3, 0.4) is 0 Å². The quantitative estimate of drug-likeness (QED) is 0.169. The fourth-order valence-electron chi connectivity index (χ4n) is 3.10. The third-order valence-electron chi connectivity index (χ3n) is 4.54. The Bertz CT molecular complexity index is 1230. The van der Waals surface area contributed by atoms with Crippen LogP contribution in [-0.4, -0.2) is 25.2 Å². The number of unbranched alkanes of at least 4 members (excludes halogenated alkanes) is 1. The van der Waals surface area contributed by atoms with Gasteiger partial charge in [-0.2, -0.15) is 0 Å². The van der Waals surface area contributed by atoms with E-state index in [1.165, 1.54) is 28.5 Å². The fourth-order valence-corrected chi connectivity index (χ4v) is 4.19. The second-order valence-corrected chi connectivity index (χ2v) is 7.47. The normalized spacial score (nSPS) is 11.3. The smallest absolute Gasteiger partial charge is 0.283 e. The molecule has 4 aromatic rings. The Labute approximate surface area is 164 Å². The molecule has 0 saturated heterocycles. The van der Waals surface area contributed by atoms with Crippen LogP contribution < -0.4 is 5.56 Å². The first-order valence-electron chi connectivity index (χ1n) is 9.01. The van der Waals surface area contributed by atoms with Crippen molar-refractivity contribution in [2.24, 2.45) is 0 Å². The van der Waals surface area contributed by atoms with Gasteiger partial charge >= 0.3 is 0 Å². The van der Waals surface area contributed by atoms with Gasteiger partial charge in [-0.15, -0.1) is 0 Å². The number of para-hydroxylation sites is 1. The molecule has 2 heterocycles. The molecule has 0 aliphatic rings. The Balaban J connectivity index is 1.95. The number of fused-ring (bicyclic) bond motifs is 3. The van der Waals surface area contributed by atoms with Crippen LogP contribution in [0.15, 0.2) is 58.5 Å². The Morgan fingerprint density at radius 3 is 2.64 bits per heavy atom. The van der Waals surface area contributed by atoms with Crippen LogP contribution in [0.25, 0.3) is 27.6 Å². The van der Waals surface area contributed by atoms with E-state index in [9.17, 15) is 14.9 Å². The summed E-state index contributed by atoms with van der Waals surface area (Å²) in [4.78, 5) is 31.8. The van der Waals surface area contributed by atoms with E-state index in [1.807, 2.05) is 24.3 Å². The summed E-state index contributed by atoms with van der Waals surface area (Å²) in [6, 6.07) is 13.6. The van der Waals surface area contributed by atoms with Gasteiger partial charge in [0.1, 0.15) is 11.0 Å². The van der Waals surface area contributed by atoms with Crippen molar-refractivity contribution in [3.05, 3.63) is 69.0 Å². The van der Waals surface area contributed by atoms with Gasteiger partial charge in [0.05, 0.1) is 10.6 Å². The number of non-ortho nitro benzene ring substituents is 1. The molecule has 142 valence electrons. The number of benzene rings is 2. The number of rotatable bonds is 6. The lowest BCUT2D eigenvalue weighted by molar-refractivity contribution is -0.384. The van der Waals surface area contributed by atoms with Gasteiger partial charge in [-0.3, -0.25) is 19.5 Å². The molecule has 0 amide bonds. The van der Waals surface area contributed by atoms with Gasteiger partial charge in [-0.25, -0.2) is 4.98 Å². The van der Waals surface area contributed by atoms with Crippen molar-refractivity contribution in [1.29, 1.82) is 0 Å². The highest BCUT2D eigenvalue weighted by molar-refractivity contribution is 7.99. The second kappa shape index (κ2) is 7.47. The van der Waals surface area contributed by atoms with Crippen LogP contribution in [0.1, 0.15) is 19.8 Å². The third kappa shape index (κ3) is 3.16. The number of hydrogen-bond donors (Lipinski definition) is 1. The lowest BCUT2D eigenvalue weighted by Crippen LogP contribution is -2.21. The Hall–Kier alpha value is -3.13. The van der Waals surface area contributed by atoms with Crippen LogP contribution in [-0.2, 0) is 0 Å². The van der Waals surface area contributed by atoms with Crippen LogP contribution in [0, 0.1) is 10.1 Å². The van der Waals surface area contributed by atoms with Gasteiger partial charge in [0.2, 0.25) is 0 Å². The van der Waals surface area contributed by atoms with Gasteiger partial charge in [-0.1, -0.05) is 43.3 Å². The Kier molecular flexibility index (Phi) is 4.87. The van der Waals surface area contributed by atoms with E-state index in [4.69, 9.17) is 4.98 Å². The van der Waals surface area contributed by atoms with Crippen LogP contribution in [0.4, 0.5) is 5.69 Å². The number of nitro benzene ring substituents is 1. The molecule has 0 radical (unpaired) electrons. The molecule has 0 bridgehead atoms. The minimum atomic E-state index is -0.456. The molecule has 7 nitrogen and oxygen atoms in total. The highest BCUT2D eigenvalue weighted by atomic mass is 32.2. The van der Waals surface area contributed by atoms with Gasteiger partial charge in [0.25, 0.3) is 11.2 Å². The monoisotopic (exact) mass is 394 g/mol. The second-order valence-electron chi connectivity index (χ2n) is 6.40. The summed E-state index contributed by atoms with van der Waals surface area (Å²) >= 11 is 1.52. The van der Waals surface area contributed by atoms with Crippen molar-refractivity contribution in [1.82, 2.24) is 14.5 Å². The maximum absolute atomic E-state index is 13.3. The summed E-state index contributed by atoms with van der Waals surface area (Å²) in [5, 5.41) is 12.4. The minimum absolute atomic E-state index is 0.0170. The molecule has 0 fully saturated rings. The predicted octanol–water partition coefficient (Wildman–Crippen LogP) is 4.67. The number of H-pyrrole nitrogens is 1. The summed E-state index contributed by atoms with van der Waals surface area (Å²) < 4.78 is 1.53. The highest BCUT2D eigenvalue weighted by Crippen LogP contribution is 2.27. The molecular formula is C20H18N4O3S. The fraction of sp³-hybridized carbons (Fsp3) is 0.200. The summed E-state index contributed by atoms with van der Waals surface area (Å²) in [6.07, 6.45) is 2.05. The van der Waals surface area contributed by atoms with Crippen molar-refractivity contribution in [2.45, 2.75) is 24.9 Å². The summed E-state index contributed by atoms with van der Waals surface area (Å²) in [6.45, 7) is 2.11. The number of nitro groups is 1. The van der Waals surface area contributed by atoms with Crippen molar-refractivity contribution in [2.75, 3.05) is 5.75 Å². The first kappa shape index (κ1) is 18.2. The molecule has 0 unspecified atom stereocenters. The Morgan fingerprint density at radius 2 is 1.93 bits per heavy atom. The molecular weight excluding hydrogens is 376 g/mol. The molecule has 2 aromatic carbocycles. The summed E-state index contributed by atoms with van der Waals surface area (Å²) in [5.74, 6) is 0.837. The lowest BCUT2D eigenvalue weighted by Gasteiger charge is -2.12. The van der Waals surface area contributed by atoms with E-state index in [1.54, 1.807) is 12.1 Å². The number of nitrogens with one attached hydrogen (secondary N) is 1. The van der Waals surface area contributed by atoms with Crippen molar-refractivity contribution in [3.8, 4) is 5.69 Å². The molecule has 0 spiro atoms. The molecule has 0 saturated carbocycles. The van der Waals surface area contributed by atoms with Gasteiger partial charge in [0.15, 0.2) is 5.16 Å². The molecule has 8 heteroatoms. The Morgan fingerprint density at radius 1 is 1.18 bits per heavy atom. The maximum atomic E-state index is 13.3. The SMILES string of the molecule is CCCCSc1nc2c([nH]c3ccccc32)c(=O)n1-c1ccc([N+](=O)[O-])cc1. The number of thioether (sulfide) groups is 1. The van der Waals surface area contributed by atoms with E-state index in [0.29, 0.717) is 21.9 Å². The summed E-state index contributed by atoms with van der Waals surface area (Å²) in [7, 11) is 0. The first-order valence-corrected chi connectivity index (χ1v) is 10.00. The standard InChI is InChI=1S/C20H18N4O3S/c1-2-3-12-28-20-22-17-15-6-4-5-7-16(15)21-18(17)19(25)23(20)13-8-10-14(11-9-13)24(26)27/h4-11,21H,2-3,12H2,1H3. The average Bonchev–Trinajstić information content (AvgIpc) is 3.08. The third-order valence-corrected chi connectivity index (χ3v) is 5.57. The lowest BCUT2D eigenvalue weighted by atomic mass is 10.2. The molecule has 2 aromatic heterocycles. The first-order chi connectivity index (χ1) is 13.6. The van der Waals surface area contributed by atoms with Gasteiger partial charge < -0.3 is 4.98 Å². The molecule has 0 atom stereocenters. The number of nitrogens with zero attached hydrogens (tertiary/aromatic N) is 3. The largest absolute Gasteiger partial charge is 0.349 e. The zero-order valence-electron chi connectivity index (χ0n) is 15.2. The van der Waals surface area contributed by atoms with E-state index in [0.717, 1.165) is 29.5 Å². The number of hydrogen-bond acceptors (Lipinski definition) is 5. The molecule has 0 aliphatic carbocycles. The minimum Gasteiger partial charge on any atom is -0.349 e. The molecule has 4 rings (SSSR count). The van der Waals surface area contributed by atoms with E-state index in [-0.39, 0.29) is 11.2 Å². The van der Waals surface area contributed by atoms with Gasteiger partial charge in [-0.05, 0) is 24.6 Å². The van der Waals surface area contributed by atoms with Crippen molar-refractivity contribution < 1.29 is 4.92 Å². The molecule has 0 aliphatic heterocycles. The highest BCUT2D eigenvalue weighted by Gasteiger charge is 2.17. The van der Waals surface area contributed by atoms with Crippen molar-refractivity contribution >= 4 is 39.4 Å². The number of aromatic nitrogens is 3. The predicted molar refractivity (Wildman–Crippen MR) is 111 cm³/mol. The molecule has 28 heavy (non-hydrogen) atoms. The van der Waals surface area contributed by atoms with E-state index >= 15 is 0 Å². The van der Waals surface area contributed by atoms with Crippen LogP contribution in [0.2, 0.25) is 0 Å². The average molecular weight is 394 g/mol. The van der Waals surface area contributed by atoms with Crippen molar-refractivity contribution in [3.63, 3.8) is 0 Å². The summed E-state index contributed by atoms with van der Waals surface area (Å²) in [5.41, 5.74) is 2.26. The topological polar surface area (TPSA) is 93.8 Å². The van der Waals surface area contributed by atoms with Gasteiger partial charge in [0, 0.05) is 28.8 Å². The number of aromatic amines is 1. The van der Waals surface area contributed by atoms with E-state index < -0.39 is 4.92 Å².